The first-order valence-electron chi connectivity index (χ1n) is 30.6. The van der Waals surface area contributed by atoms with Gasteiger partial charge in [-0.05, 0) is 57.8 Å². The number of carbonyl (C=O) groups is 3. The van der Waals surface area contributed by atoms with E-state index < -0.39 is 6.10 Å². The maximum absolute atomic E-state index is 12.8. The largest absolute Gasteiger partial charge is 0.462 e. The Morgan fingerprint density at radius 3 is 0.871 bits per heavy atom. The molecule has 0 saturated heterocycles. The summed E-state index contributed by atoms with van der Waals surface area (Å²) in [4.78, 5) is 38.1. The maximum atomic E-state index is 12.8. The van der Waals surface area contributed by atoms with E-state index in [1.54, 1.807) is 0 Å². The van der Waals surface area contributed by atoms with E-state index in [1.165, 1.54) is 193 Å². The first-order valence-corrected chi connectivity index (χ1v) is 30.6. The Kier molecular flexibility index (Phi) is 56.7. The molecule has 0 radical (unpaired) electrons. The zero-order valence-electron chi connectivity index (χ0n) is 46.8. The predicted molar refractivity (Wildman–Crippen MR) is 302 cm³/mol. The van der Waals surface area contributed by atoms with Gasteiger partial charge in [0.05, 0.1) is 0 Å². The highest BCUT2D eigenvalue weighted by Gasteiger charge is 2.19. The van der Waals surface area contributed by atoms with Crippen LogP contribution in [0.2, 0.25) is 0 Å². The molecule has 0 N–H and O–H groups in total. The minimum Gasteiger partial charge on any atom is -0.462 e. The zero-order chi connectivity index (χ0) is 50.7. The summed E-state index contributed by atoms with van der Waals surface area (Å²) in [5, 5.41) is 0. The lowest BCUT2D eigenvalue weighted by atomic mass is 10.0. The third kappa shape index (κ3) is 56.3. The Labute approximate surface area is 435 Å². The van der Waals surface area contributed by atoms with Gasteiger partial charge in [-0.25, -0.2) is 0 Å². The van der Waals surface area contributed by atoms with Gasteiger partial charge >= 0.3 is 17.9 Å². The van der Waals surface area contributed by atoms with Crippen LogP contribution in [0, 0.1) is 0 Å². The van der Waals surface area contributed by atoms with Gasteiger partial charge in [-0.2, -0.15) is 0 Å². The molecule has 0 aromatic carbocycles. The van der Waals surface area contributed by atoms with Crippen LogP contribution in [0.1, 0.15) is 323 Å². The van der Waals surface area contributed by atoms with E-state index in [4.69, 9.17) is 14.2 Å². The fraction of sp³-hybridized carbons (Fsp3) is 0.828. The first-order chi connectivity index (χ1) is 34.5. The molecule has 1 atom stereocenters. The number of esters is 3. The lowest BCUT2D eigenvalue weighted by molar-refractivity contribution is -0.167. The van der Waals surface area contributed by atoms with Crippen molar-refractivity contribution in [2.24, 2.45) is 0 Å². The van der Waals surface area contributed by atoms with Crippen molar-refractivity contribution in [1.82, 2.24) is 0 Å². The van der Waals surface area contributed by atoms with Crippen LogP contribution in [-0.4, -0.2) is 37.2 Å². The number of allylic oxidation sites excluding steroid dienone is 8. The van der Waals surface area contributed by atoms with Crippen LogP contribution in [0.5, 0.6) is 0 Å². The van der Waals surface area contributed by atoms with Crippen molar-refractivity contribution >= 4 is 17.9 Å². The number of rotatable bonds is 56. The molecule has 0 aromatic rings. The van der Waals surface area contributed by atoms with Gasteiger partial charge in [0.15, 0.2) is 6.10 Å². The van der Waals surface area contributed by atoms with E-state index >= 15 is 0 Å². The molecule has 0 spiro atoms. The molecule has 0 heterocycles. The molecular formula is C64H116O6. The molecule has 1 unspecified atom stereocenters. The summed E-state index contributed by atoms with van der Waals surface area (Å²) in [5.41, 5.74) is 0. The van der Waals surface area contributed by atoms with E-state index in [0.29, 0.717) is 19.3 Å². The fourth-order valence-corrected chi connectivity index (χ4v) is 9.02. The molecule has 0 bridgehead atoms. The Morgan fingerprint density at radius 2 is 0.557 bits per heavy atom. The SMILES string of the molecule is CC/C=C\C/C=C\C/C=C\C/C=C\CCCCCCCCCCC(=O)OC(COC(=O)CCCCCCCCCC)COC(=O)CCCCCCCCCCCCCCCCCCCCCCCCC. The lowest BCUT2D eigenvalue weighted by Crippen LogP contribution is -2.30. The molecule has 0 fully saturated rings. The van der Waals surface area contributed by atoms with Gasteiger partial charge in [-0.3, -0.25) is 14.4 Å². The molecule has 6 nitrogen and oxygen atoms in total. The molecule has 0 aliphatic heterocycles. The topological polar surface area (TPSA) is 78.9 Å². The number of hydrogen-bond acceptors (Lipinski definition) is 6. The van der Waals surface area contributed by atoms with Crippen LogP contribution >= 0.6 is 0 Å². The van der Waals surface area contributed by atoms with Gasteiger partial charge in [0.2, 0.25) is 0 Å². The van der Waals surface area contributed by atoms with Gasteiger partial charge in [-0.15, -0.1) is 0 Å². The summed E-state index contributed by atoms with van der Waals surface area (Å²) >= 11 is 0. The Balaban J connectivity index is 4.17. The van der Waals surface area contributed by atoms with Crippen LogP contribution in [-0.2, 0) is 28.6 Å². The molecule has 6 heteroatoms. The molecule has 0 aromatic heterocycles. The van der Waals surface area contributed by atoms with Crippen LogP contribution in [0.25, 0.3) is 0 Å². The predicted octanol–water partition coefficient (Wildman–Crippen LogP) is 20.6. The highest BCUT2D eigenvalue weighted by molar-refractivity contribution is 5.71. The van der Waals surface area contributed by atoms with E-state index in [9.17, 15) is 14.4 Å². The second-order valence-corrected chi connectivity index (χ2v) is 20.6. The molecule has 0 amide bonds. The Hall–Kier alpha value is -2.63. The molecule has 0 aliphatic carbocycles. The quantitative estimate of drug-likeness (QED) is 0.0261. The average molecular weight is 982 g/mol. The van der Waals surface area contributed by atoms with E-state index in [0.717, 1.165) is 89.9 Å². The minimum absolute atomic E-state index is 0.0722. The van der Waals surface area contributed by atoms with Crippen molar-refractivity contribution in [3.8, 4) is 0 Å². The van der Waals surface area contributed by atoms with Crippen LogP contribution in [0.4, 0.5) is 0 Å². The summed E-state index contributed by atoms with van der Waals surface area (Å²) < 4.78 is 16.8. The normalized spacial score (nSPS) is 12.3. The first kappa shape index (κ1) is 67.4. The van der Waals surface area contributed by atoms with Crippen molar-refractivity contribution in [2.45, 2.75) is 329 Å². The third-order valence-electron chi connectivity index (χ3n) is 13.6. The summed E-state index contributed by atoms with van der Waals surface area (Å²) in [6.45, 7) is 6.54. The zero-order valence-corrected chi connectivity index (χ0v) is 46.8. The van der Waals surface area contributed by atoms with Crippen LogP contribution < -0.4 is 0 Å². The monoisotopic (exact) mass is 981 g/mol. The maximum Gasteiger partial charge on any atom is 0.306 e. The molecule has 0 saturated carbocycles. The van der Waals surface area contributed by atoms with Gasteiger partial charge in [0.25, 0.3) is 0 Å². The van der Waals surface area contributed by atoms with Crippen molar-refractivity contribution < 1.29 is 28.6 Å². The number of hydrogen-bond donors (Lipinski definition) is 0. The second-order valence-electron chi connectivity index (χ2n) is 20.6. The van der Waals surface area contributed by atoms with E-state index in [-0.39, 0.29) is 31.1 Å². The van der Waals surface area contributed by atoms with E-state index in [2.05, 4.69) is 69.4 Å². The van der Waals surface area contributed by atoms with Crippen molar-refractivity contribution in [3.05, 3.63) is 48.6 Å². The van der Waals surface area contributed by atoms with Gasteiger partial charge in [-0.1, -0.05) is 294 Å². The summed E-state index contributed by atoms with van der Waals surface area (Å²) in [6.07, 6.45) is 72.7. The minimum atomic E-state index is -0.773. The highest BCUT2D eigenvalue weighted by atomic mass is 16.6. The third-order valence-corrected chi connectivity index (χ3v) is 13.6. The standard InChI is InChI=1S/C64H116O6/c1-4-7-10-13-16-19-21-23-25-27-29-31-32-34-35-37-39-41-43-45-48-51-54-57-63(66)69-60-61(59-68-62(65)56-53-50-47-18-15-12-9-6-3)70-64(67)58-55-52-49-46-44-42-40-38-36-33-30-28-26-24-22-20-17-14-11-8-5-2/h8,11,17,20,24,26,30,33,61H,4-7,9-10,12-16,18-19,21-23,25,27-29,31-32,34-60H2,1-3H3/b11-8-,20-17-,26-24-,33-30-. The van der Waals surface area contributed by atoms with Gasteiger partial charge < -0.3 is 14.2 Å². The Bertz CT molecular complexity index is 1220. The number of ether oxygens (including phenoxy) is 3. The van der Waals surface area contributed by atoms with Crippen molar-refractivity contribution in [1.29, 1.82) is 0 Å². The number of unbranched alkanes of at least 4 members (excludes halogenated alkanes) is 37. The summed E-state index contributed by atoms with van der Waals surface area (Å²) in [7, 11) is 0. The highest BCUT2D eigenvalue weighted by Crippen LogP contribution is 2.17. The molecular weight excluding hydrogens is 865 g/mol. The van der Waals surface area contributed by atoms with Crippen LogP contribution in [0.3, 0.4) is 0 Å². The fourth-order valence-electron chi connectivity index (χ4n) is 9.02. The molecule has 0 aliphatic rings. The van der Waals surface area contributed by atoms with E-state index in [1.807, 2.05) is 0 Å². The average Bonchev–Trinajstić information content (AvgIpc) is 3.36. The van der Waals surface area contributed by atoms with Gasteiger partial charge in [0.1, 0.15) is 13.2 Å². The molecule has 0 rings (SSSR count). The Morgan fingerprint density at radius 1 is 0.300 bits per heavy atom. The smallest absolute Gasteiger partial charge is 0.306 e. The summed E-state index contributed by atoms with van der Waals surface area (Å²) in [5.74, 6) is -0.867. The van der Waals surface area contributed by atoms with Crippen molar-refractivity contribution in [2.75, 3.05) is 13.2 Å². The van der Waals surface area contributed by atoms with Gasteiger partial charge in [0, 0.05) is 19.3 Å². The van der Waals surface area contributed by atoms with Crippen LogP contribution in [0.15, 0.2) is 48.6 Å². The van der Waals surface area contributed by atoms with Crippen molar-refractivity contribution in [3.63, 3.8) is 0 Å². The molecule has 70 heavy (non-hydrogen) atoms. The molecule has 408 valence electrons. The second kappa shape index (κ2) is 58.9. The number of carbonyl (C=O) groups excluding carboxylic acids is 3. The lowest BCUT2D eigenvalue weighted by Gasteiger charge is -2.18. The summed E-state index contributed by atoms with van der Waals surface area (Å²) in [6, 6.07) is 0.